The van der Waals surface area contributed by atoms with Crippen LogP contribution >= 0.6 is 11.3 Å². The zero-order valence-electron chi connectivity index (χ0n) is 14.2. The van der Waals surface area contributed by atoms with Crippen LogP contribution in [0.4, 0.5) is 5.13 Å². The Balaban J connectivity index is 1.60. The highest BCUT2D eigenvalue weighted by atomic mass is 32.2. The van der Waals surface area contributed by atoms with Crippen LogP contribution in [-0.4, -0.2) is 40.6 Å². The normalized spacial score (nSPS) is 22.2. The number of carbonyl (C=O) groups is 1. The maximum atomic E-state index is 12.5. The number of nitrogens with one attached hydrogen (secondary N) is 1. The molecule has 0 bridgehead atoms. The molecule has 0 spiro atoms. The van der Waals surface area contributed by atoms with E-state index in [1.807, 2.05) is 19.9 Å². The van der Waals surface area contributed by atoms with Crippen molar-refractivity contribution in [2.24, 2.45) is 0 Å². The summed E-state index contributed by atoms with van der Waals surface area (Å²) in [6.45, 7) is 3.87. The first-order chi connectivity index (χ1) is 11.8. The van der Waals surface area contributed by atoms with Gasteiger partial charge in [-0.3, -0.25) is 14.8 Å². The van der Waals surface area contributed by atoms with Gasteiger partial charge < -0.3 is 0 Å². The first-order valence-electron chi connectivity index (χ1n) is 8.37. The van der Waals surface area contributed by atoms with Crippen LogP contribution in [0.5, 0.6) is 0 Å². The van der Waals surface area contributed by atoms with Crippen molar-refractivity contribution in [2.45, 2.75) is 45.1 Å². The molecule has 1 saturated heterocycles. The summed E-state index contributed by atoms with van der Waals surface area (Å²) < 4.78 is 25.4. The van der Waals surface area contributed by atoms with Crippen LogP contribution in [0.1, 0.15) is 58.0 Å². The van der Waals surface area contributed by atoms with Crippen molar-refractivity contribution in [2.75, 3.05) is 16.8 Å². The lowest BCUT2D eigenvalue weighted by atomic mass is 10.2. The average molecular weight is 380 g/mol. The van der Waals surface area contributed by atoms with E-state index in [9.17, 15) is 13.2 Å². The molecule has 2 aromatic rings. The summed E-state index contributed by atoms with van der Waals surface area (Å²) in [5.74, 6) is 0.401. The molecule has 1 unspecified atom stereocenters. The Bertz CT molecular complexity index is 921. The summed E-state index contributed by atoms with van der Waals surface area (Å²) >= 11 is 1.44. The highest BCUT2D eigenvalue weighted by molar-refractivity contribution is 7.91. The molecule has 9 heteroatoms. The number of thiazole rings is 1. The van der Waals surface area contributed by atoms with E-state index >= 15 is 0 Å². The van der Waals surface area contributed by atoms with Gasteiger partial charge in [0.2, 0.25) is 0 Å². The molecule has 0 aromatic carbocycles. The van der Waals surface area contributed by atoms with Crippen LogP contribution in [0.25, 0.3) is 0 Å². The van der Waals surface area contributed by atoms with Crippen molar-refractivity contribution in [3.05, 3.63) is 28.0 Å². The summed E-state index contributed by atoms with van der Waals surface area (Å²) in [6, 6.07) is 1.65. The molecule has 1 aliphatic heterocycles. The molecule has 4 rings (SSSR count). The monoisotopic (exact) mass is 380 g/mol. The molecular weight excluding hydrogens is 360 g/mol. The van der Waals surface area contributed by atoms with Gasteiger partial charge in [0.25, 0.3) is 5.91 Å². The molecule has 1 aliphatic carbocycles. The van der Waals surface area contributed by atoms with Gasteiger partial charge in [-0.2, -0.15) is 5.10 Å². The number of hydrogen-bond donors (Lipinski definition) is 1. The summed E-state index contributed by atoms with van der Waals surface area (Å²) in [7, 11) is -3.00. The summed E-state index contributed by atoms with van der Waals surface area (Å²) in [6.07, 6.45) is 2.70. The molecule has 0 radical (unpaired) electrons. The minimum absolute atomic E-state index is 0.111. The zero-order valence-corrected chi connectivity index (χ0v) is 15.8. The summed E-state index contributed by atoms with van der Waals surface area (Å²) in [5.41, 5.74) is 2.22. The molecular formula is C16H20N4O3S2. The number of rotatable bonds is 4. The zero-order chi connectivity index (χ0) is 17.8. The lowest BCUT2D eigenvalue weighted by Gasteiger charge is -2.12. The van der Waals surface area contributed by atoms with E-state index in [1.54, 1.807) is 4.68 Å². The van der Waals surface area contributed by atoms with Gasteiger partial charge in [-0.25, -0.2) is 13.4 Å². The largest absolute Gasteiger partial charge is 0.296 e. The molecule has 1 saturated carbocycles. The number of aryl methyl sites for hydroxylation is 2. The number of carbonyl (C=O) groups excluding carboxylic acids is 1. The van der Waals surface area contributed by atoms with Gasteiger partial charge in [0.05, 0.1) is 23.2 Å². The topological polar surface area (TPSA) is 94.0 Å². The Labute approximate surface area is 150 Å². The number of sulfone groups is 1. The summed E-state index contributed by atoms with van der Waals surface area (Å²) in [5, 5.41) is 7.82. The molecule has 2 fully saturated rings. The molecule has 1 atom stereocenters. The predicted molar refractivity (Wildman–Crippen MR) is 96.1 cm³/mol. The third kappa shape index (κ3) is 3.35. The second-order valence-electron chi connectivity index (χ2n) is 6.84. The SMILES string of the molecule is Cc1nc(NC(=O)c2cc(C3CC3)n(C3CCS(=O)(=O)C3)n2)sc1C. The minimum atomic E-state index is -3.00. The molecule has 1 amide bonds. The molecule has 2 aliphatic rings. The number of amides is 1. The molecule has 7 nitrogen and oxygen atoms in total. The van der Waals surface area contributed by atoms with Crippen molar-refractivity contribution >= 4 is 32.2 Å². The van der Waals surface area contributed by atoms with Crippen LogP contribution in [0.15, 0.2) is 6.07 Å². The standard InChI is InChI=1S/C16H20N4O3S2/c1-9-10(2)24-16(17-9)18-15(21)13-7-14(11-3-4-11)20(19-13)12-5-6-25(22,23)8-12/h7,11-12H,3-6,8H2,1-2H3,(H,17,18,21). The van der Waals surface area contributed by atoms with E-state index in [0.29, 0.717) is 23.2 Å². The molecule has 134 valence electrons. The van der Waals surface area contributed by atoms with E-state index in [-0.39, 0.29) is 23.5 Å². The Morgan fingerprint density at radius 1 is 1.32 bits per heavy atom. The van der Waals surface area contributed by atoms with Gasteiger partial charge in [0, 0.05) is 16.5 Å². The minimum Gasteiger partial charge on any atom is -0.296 e. The van der Waals surface area contributed by atoms with Crippen molar-refractivity contribution < 1.29 is 13.2 Å². The maximum absolute atomic E-state index is 12.5. The smallest absolute Gasteiger partial charge is 0.277 e. The van der Waals surface area contributed by atoms with Crippen LogP contribution < -0.4 is 5.32 Å². The van der Waals surface area contributed by atoms with Gasteiger partial charge in [-0.05, 0) is 39.2 Å². The van der Waals surface area contributed by atoms with E-state index in [1.165, 1.54) is 11.3 Å². The molecule has 25 heavy (non-hydrogen) atoms. The Morgan fingerprint density at radius 3 is 2.64 bits per heavy atom. The Hall–Kier alpha value is -1.74. The van der Waals surface area contributed by atoms with Gasteiger partial charge >= 0.3 is 0 Å². The van der Waals surface area contributed by atoms with Crippen LogP contribution in [-0.2, 0) is 9.84 Å². The first kappa shape index (κ1) is 16.7. The number of nitrogens with zero attached hydrogens (tertiary/aromatic N) is 3. The van der Waals surface area contributed by atoms with Crippen molar-refractivity contribution in [3.8, 4) is 0 Å². The van der Waals surface area contributed by atoms with Crippen molar-refractivity contribution in [3.63, 3.8) is 0 Å². The van der Waals surface area contributed by atoms with E-state index in [0.717, 1.165) is 29.1 Å². The van der Waals surface area contributed by atoms with Gasteiger partial charge in [-0.1, -0.05) is 0 Å². The van der Waals surface area contributed by atoms with E-state index < -0.39 is 9.84 Å². The number of hydrogen-bond acceptors (Lipinski definition) is 6. The fourth-order valence-electron chi connectivity index (χ4n) is 3.15. The highest BCUT2D eigenvalue weighted by Gasteiger charge is 2.36. The van der Waals surface area contributed by atoms with Crippen LogP contribution in [0.3, 0.4) is 0 Å². The fourth-order valence-corrected chi connectivity index (χ4v) is 5.65. The second kappa shape index (κ2) is 5.91. The van der Waals surface area contributed by atoms with Gasteiger partial charge in [0.15, 0.2) is 20.7 Å². The van der Waals surface area contributed by atoms with Crippen molar-refractivity contribution in [1.82, 2.24) is 14.8 Å². The fraction of sp³-hybridized carbons (Fsp3) is 0.562. The lowest BCUT2D eigenvalue weighted by molar-refractivity contribution is 0.102. The highest BCUT2D eigenvalue weighted by Crippen LogP contribution is 2.42. The maximum Gasteiger partial charge on any atom is 0.277 e. The average Bonchev–Trinajstić information content (AvgIpc) is 3.06. The Kier molecular flexibility index (Phi) is 3.95. The van der Waals surface area contributed by atoms with E-state index in [2.05, 4.69) is 15.4 Å². The van der Waals surface area contributed by atoms with E-state index in [4.69, 9.17) is 0 Å². The molecule has 3 heterocycles. The first-order valence-corrected chi connectivity index (χ1v) is 11.0. The third-order valence-electron chi connectivity index (χ3n) is 4.80. The van der Waals surface area contributed by atoms with Crippen LogP contribution in [0.2, 0.25) is 0 Å². The number of anilines is 1. The molecule has 2 aromatic heterocycles. The Morgan fingerprint density at radius 2 is 2.08 bits per heavy atom. The van der Waals surface area contributed by atoms with Gasteiger partial charge in [-0.15, -0.1) is 11.3 Å². The second-order valence-corrected chi connectivity index (χ2v) is 10.3. The number of aromatic nitrogens is 3. The molecule has 1 N–H and O–H groups in total. The third-order valence-corrected chi connectivity index (χ3v) is 7.53. The van der Waals surface area contributed by atoms with Crippen molar-refractivity contribution in [1.29, 1.82) is 0 Å². The predicted octanol–water partition coefficient (Wildman–Crippen LogP) is 2.45. The quantitative estimate of drug-likeness (QED) is 0.879. The summed E-state index contributed by atoms with van der Waals surface area (Å²) in [4.78, 5) is 17.9. The van der Waals surface area contributed by atoms with Gasteiger partial charge in [0.1, 0.15) is 0 Å². The van der Waals surface area contributed by atoms with Crippen LogP contribution in [0, 0.1) is 13.8 Å². The lowest BCUT2D eigenvalue weighted by Crippen LogP contribution is -2.17.